The second-order valence-electron chi connectivity index (χ2n) is 3.58. The summed E-state index contributed by atoms with van der Waals surface area (Å²) in [5.41, 5.74) is 0. The van der Waals surface area contributed by atoms with Gasteiger partial charge in [-0.15, -0.1) is 6.58 Å². The Morgan fingerprint density at radius 2 is 2.31 bits per heavy atom. The third-order valence-corrected chi connectivity index (χ3v) is 2.50. The highest BCUT2D eigenvalue weighted by Crippen LogP contribution is 2.21. The van der Waals surface area contributed by atoms with Crippen molar-refractivity contribution in [3.8, 4) is 0 Å². The number of hydrogen-bond donors (Lipinski definition) is 0. The normalized spacial score (nSPS) is 21.5. The van der Waals surface area contributed by atoms with Gasteiger partial charge < -0.3 is 4.74 Å². The Morgan fingerprint density at radius 1 is 1.46 bits per heavy atom. The highest BCUT2D eigenvalue weighted by molar-refractivity contribution is 5.73. The van der Waals surface area contributed by atoms with Gasteiger partial charge in [0.2, 0.25) is 0 Å². The standard InChI is InChI=1S/C11H18O2/c1-2-3-4-5-6-7-10-8-9-13-11(10)12/h2,10H,1,3-9H2/t10-/m1/s1. The fourth-order valence-electron chi connectivity index (χ4n) is 1.66. The molecule has 1 rings (SSSR count). The molecule has 1 aliphatic rings. The second-order valence-corrected chi connectivity index (χ2v) is 3.58. The van der Waals surface area contributed by atoms with E-state index in [1.165, 1.54) is 12.8 Å². The molecule has 1 saturated heterocycles. The van der Waals surface area contributed by atoms with E-state index in [9.17, 15) is 4.79 Å². The number of esters is 1. The first-order chi connectivity index (χ1) is 6.34. The molecular formula is C11H18O2. The molecule has 2 heteroatoms. The molecule has 0 spiro atoms. The number of cyclic esters (lactones) is 1. The largest absolute Gasteiger partial charge is 0.465 e. The molecule has 2 nitrogen and oxygen atoms in total. The van der Waals surface area contributed by atoms with E-state index in [1.54, 1.807) is 0 Å². The predicted octanol–water partition coefficient (Wildman–Crippen LogP) is 2.69. The topological polar surface area (TPSA) is 26.3 Å². The molecule has 0 aliphatic carbocycles. The average Bonchev–Trinajstić information content (AvgIpc) is 2.52. The van der Waals surface area contributed by atoms with Gasteiger partial charge in [0.05, 0.1) is 12.5 Å². The third-order valence-electron chi connectivity index (χ3n) is 2.50. The number of hydrogen-bond acceptors (Lipinski definition) is 2. The molecule has 0 bridgehead atoms. The molecule has 13 heavy (non-hydrogen) atoms. The van der Waals surface area contributed by atoms with Gasteiger partial charge in [-0.3, -0.25) is 4.79 Å². The van der Waals surface area contributed by atoms with Crippen LogP contribution in [-0.4, -0.2) is 12.6 Å². The molecule has 0 radical (unpaired) electrons. The number of carbonyl (C=O) groups excluding carboxylic acids is 1. The number of carbonyl (C=O) groups is 1. The summed E-state index contributed by atoms with van der Waals surface area (Å²) < 4.78 is 4.89. The van der Waals surface area contributed by atoms with Gasteiger partial charge in [0.25, 0.3) is 0 Å². The molecule has 0 unspecified atom stereocenters. The van der Waals surface area contributed by atoms with Gasteiger partial charge in [0.1, 0.15) is 0 Å². The molecule has 1 fully saturated rings. The van der Waals surface area contributed by atoms with E-state index in [4.69, 9.17) is 4.74 Å². The Morgan fingerprint density at radius 3 is 2.92 bits per heavy atom. The number of ether oxygens (including phenoxy) is 1. The van der Waals surface area contributed by atoms with Crippen LogP contribution in [0, 0.1) is 5.92 Å². The minimum Gasteiger partial charge on any atom is -0.465 e. The van der Waals surface area contributed by atoms with Crippen LogP contribution in [0.25, 0.3) is 0 Å². The van der Waals surface area contributed by atoms with Crippen LogP contribution in [0.1, 0.15) is 38.5 Å². The van der Waals surface area contributed by atoms with E-state index in [2.05, 4.69) is 6.58 Å². The fourth-order valence-corrected chi connectivity index (χ4v) is 1.66. The van der Waals surface area contributed by atoms with Crippen LogP contribution in [-0.2, 0) is 9.53 Å². The first-order valence-corrected chi connectivity index (χ1v) is 5.12. The monoisotopic (exact) mass is 182 g/mol. The Bertz CT molecular complexity index is 175. The zero-order valence-electron chi connectivity index (χ0n) is 8.13. The van der Waals surface area contributed by atoms with Crippen molar-refractivity contribution in [1.29, 1.82) is 0 Å². The summed E-state index contributed by atoms with van der Waals surface area (Å²) >= 11 is 0. The number of allylic oxidation sites excluding steroid dienone is 1. The van der Waals surface area contributed by atoms with E-state index in [0.29, 0.717) is 6.61 Å². The van der Waals surface area contributed by atoms with Gasteiger partial charge in [-0.2, -0.15) is 0 Å². The Hall–Kier alpha value is -0.790. The Labute approximate surface area is 80.0 Å². The zero-order chi connectivity index (χ0) is 9.52. The van der Waals surface area contributed by atoms with Crippen molar-refractivity contribution in [2.45, 2.75) is 38.5 Å². The lowest BCUT2D eigenvalue weighted by Crippen LogP contribution is -2.06. The van der Waals surface area contributed by atoms with E-state index in [0.717, 1.165) is 25.7 Å². The molecular weight excluding hydrogens is 164 g/mol. The predicted molar refractivity (Wildman–Crippen MR) is 52.3 cm³/mol. The Kier molecular flexibility index (Phi) is 4.58. The maximum Gasteiger partial charge on any atom is 0.309 e. The summed E-state index contributed by atoms with van der Waals surface area (Å²) in [5, 5.41) is 0. The van der Waals surface area contributed by atoms with Gasteiger partial charge in [0.15, 0.2) is 0 Å². The summed E-state index contributed by atoms with van der Waals surface area (Å²) in [6.45, 7) is 4.31. The van der Waals surface area contributed by atoms with Gasteiger partial charge >= 0.3 is 5.97 Å². The van der Waals surface area contributed by atoms with Crippen molar-refractivity contribution < 1.29 is 9.53 Å². The molecule has 0 aromatic heterocycles. The lowest BCUT2D eigenvalue weighted by molar-refractivity contribution is -0.141. The molecule has 0 amide bonds. The molecule has 0 aromatic rings. The second kappa shape index (κ2) is 5.79. The van der Waals surface area contributed by atoms with Crippen LogP contribution in [0.15, 0.2) is 12.7 Å². The van der Waals surface area contributed by atoms with Crippen LogP contribution in [0.4, 0.5) is 0 Å². The first-order valence-electron chi connectivity index (χ1n) is 5.12. The summed E-state index contributed by atoms with van der Waals surface area (Å²) in [6.07, 6.45) is 8.53. The first kappa shape index (κ1) is 10.3. The van der Waals surface area contributed by atoms with Crippen molar-refractivity contribution in [3.05, 3.63) is 12.7 Å². The summed E-state index contributed by atoms with van der Waals surface area (Å²) in [4.78, 5) is 11.1. The maximum absolute atomic E-state index is 11.1. The van der Waals surface area contributed by atoms with E-state index < -0.39 is 0 Å². The van der Waals surface area contributed by atoms with Crippen LogP contribution in [0.2, 0.25) is 0 Å². The van der Waals surface area contributed by atoms with Crippen molar-refractivity contribution >= 4 is 5.97 Å². The highest BCUT2D eigenvalue weighted by Gasteiger charge is 2.25. The van der Waals surface area contributed by atoms with Crippen molar-refractivity contribution in [2.24, 2.45) is 5.92 Å². The molecule has 0 aromatic carbocycles. The van der Waals surface area contributed by atoms with Crippen molar-refractivity contribution in [3.63, 3.8) is 0 Å². The smallest absolute Gasteiger partial charge is 0.309 e. The van der Waals surface area contributed by atoms with Crippen molar-refractivity contribution in [1.82, 2.24) is 0 Å². The molecule has 0 saturated carbocycles. The minimum absolute atomic E-state index is 0.0173. The van der Waals surface area contributed by atoms with Crippen LogP contribution in [0.3, 0.4) is 0 Å². The number of unbranched alkanes of at least 4 members (excludes halogenated alkanes) is 3. The average molecular weight is 182 g/mol. The quantitative estimate of drug-likeness (QED) is 0.358. The molecule has 1 aliphatic heterocycles. The number of rotatable bonds is 6. The zero-order valence-corrected chi connectivity index (χ0v) is 8.13. The van der Waals surface area contributed by atoms with Gasteiger partial charge in [0, 0.05) is 0 Å². The Balaban J connectivity index is 1.99. The van der Waals surface area contributed by atoms with Crippen LogP contribution in [0.5, 0.6) is 0 Å². The van der Waals surface area contributed by atoms with E-state index in [1.807, 2.05) is 6.08 Å². The van der Waals surface area contributed by atoms with E-state index in [-0.39, 0.29) is 11.9 Å². The van der Waals surface area contributed by atoms with E-state index >= 15 is 0 Å². The van der Waals surface area contributed by atoms with Crippen LogP contribution < -0.4 is 0 Å². The lowest BCUT2D eigenvalue weighted by Gasteiger charge is -2.03. The molecule has 0 N–H and O–H groups in total. The minimum atomic E-state index is 0.0173. The van der Waals surface area contributed by atoms with Gasteiger partial charge in [-0.1, -0.05) is 18.9 Å². The molecule has 74 valence electrons. The fraction of sp³-hybridized carbons (Fsp3) is 0.727. The van der Waals surface area contributed by atoms with Crippen LogP contribution >= 0.6 is 0 Å². The molecule has 1 atom stereocenters. The lowest BCUT2D eigenvalue weighted by atomic mass is 10.00. The maximum atomic E-state index is 11.1. The molecule has 1 heterocycles. The summed E-state index contributed by atoms with van der Waals surface area (Å²) in [5.74, 6) is 0.215. The summed E-state index contributed by atoms with van der Waals surface area (Å²) in [6, 6.07) is 0. The third kappa shape index (κ3) is 3.62. The van der Waals surface area contributed by atoms with Gasteiger partial charge in [-0.25, -0.2) is 0 Å². The summed E-state index contributed by atoms with van der Waals surface area (Å²) in [7, 11) is 0. The van der Waals surface area contributed by atoms with Gasteiger partial charge in [-0.05, 0) is 25.7 Å². The highest BCUT2D eigenvalue weighted by atomic mass is 16.5. The van der Waals surface area contributed by atoms with Crippen molar-refractivity contribution in [2.75, 3.05) is 6.61 Å². The SMILES string of the molecule is C=CCCCCC[C@@H]1CCOC1=O.